The van der Waals surface area contributed by atoms with Crippen LogP contribution in [0.3, 0.4) is 0 Å². The zero-order chi connectivity index (χ0) is 18.6. The molecule has 1 saturated heterocycles. The zero-order valence-electron chi connectivity index (χ0n) is 14.9. The van der Waals surface area contributed by atoms with E-state index in [0.29, 0.717) is 5.75 Å². The van der Waals surface area contributed by atoms with E-state index in [2.05, 4.69) is 14.6 Å². The van der Waals surface area contributed by atoms with Gasteiger partial charge in [0.15, 0.2) is 0 Å². The molecule has 7 nitrogen and oxygen atoms in total. The van der Waals surface area contributed by atoms with Gasteiger partial charge in [0.1, 0.15) is 15.7 Å². The minimum Gasteiger partial charge on any atom is -0.495 e. The largest absolute Gasteiger partial charge is 0.495 e. The highest BCUT2D eigenvalue weighted by atomic mass is 32.2. The van der Waals surface area contributed by atoms with E-state index in [-0.39, 0.29) is 11.4 Å². The first kappa shape index (κ1) is 19.2. The van der Waals surface area contributed by atoms with Gasteiger partial charge >= 0.3 is 0 Å². The fraction of sp³-hybridized carbons (Fsp3) is 0.471. The molecule has 0 saturated carbocycles. The molecule has 3 rings (SSSR count). The number of sulfonamides is 1. The van der Waals surface area contributed by atoms with Crippen LogP contribution in [0.15, 0.2) is 28.5 Å². The monoisotopic (exact) mass is 397 g/mol. The zero-order valence-corrected chi connectivity index (χ0v) is 16.5. The van der Waals surface area contributed by atoms with E-state index in [1.54, 1.807) is 12.1 Å². The van der Waals surface area contributed by atoms with Crippen LogP contribution in [-0.2, 0) is 27.8 Å². The van der Waals surface area contributed by atoms with E-state index in [1.165, 1.54) is 18.4 Å². The Balaban J connectivity index is 1.64. The predicted octanol–water partition coefficient (Wildman–Crippen LogP) is 1.77. The highest BCUT2D eigenvalue weighted by Crippen LogP contribution is 2.25. The molecule has 142 valence electrons. The fourth-order valence-corrected chi connectivity index (χ4v) is 4.78. The molecule has 0 spiro atoms. The Kier molecular flexibility index (Phi) is 6.25. The molecule has 1 N–H and O–H groups in total. The third kappa shape index (κ3) is 4.80. The number of methoxy groups -OCH3 is 1. The number of ether oxygens (including phenoxy) is 2. The average molecular weight is 398 g/mol. The van der Waals surface area contributed by atoms with Crippen LogP contribution in [-0.4, -0.2) is 51.7 Å². The summed E-state index contributed by atoms with van der Waals surface area (Å²) in [5.74, 6) is 0.329. The van der Waals surface area contributed by atoms with Gasteiger partial charge in [-0.25, -0.2) is 18.1 Å². The first-order chi connectivity index (χ1) is 12.5. The molecule has 1 fully saturated rings. The highest BCUT2D eigenvalue weighted by Gasteiger charge is 2.20. The average Bonchev–Trinajstić information content (AvgIpc) is 3.08. The molecule has 1 aliphatic rings. The van der Waals surface area contributed by atoms with Crippen molar-refractivity contribution in [3.8, 4) is 5.75 Å². The summed E-state index contributed by atoms with van der Waals surface area (Å²) in [5, 5.41) is 2.72. The number of thiazole rings is 1. The molecule has 0 bridgehead atoms. The lowest BCUT2D eigenvalue weighted by atomic mass is 10.2. The second-order valence-corrected chi connectivity index (χ2v) is 8.78. The Labute approximate surface area is 158 Å². The molecule has 2 heterocycles. The molecule has 0 atom stereocenters. The molecule has 0 radical (unpaired) electrons. The van der Waals surface area contributed by atoms with Gasteiger partial charge in [-0.2, -0.15) is 0 Å². The van der Waals surface area contributed by atoms with Crippen molar-refractivity contribution >= 4 is 21.4 Å². The van der Waals surface area contributed by atoms with Gasteiger partial charge in [-0.1, -0.05) is 6.07 Å². The first-order valence-corrected chi connectivity index (χ1v) is 10.7. The maximum atomic E-state index is 12.6. The summed E-state index contributed by atoms with van der Waals surface area (Å²) in [6.45, 7) is 6.05. The maximum Gasteiger partial charge on any atom is 0.244 e. The van der Waals surface area contributed by atoms with Crippen LogP contribution in [0.1, 0.15) is 16.3 Å². The highest BCUT2D eigenvalue weighted by molar-refractivity contribution is 7.89. The van der Waals surface area contributed by atoms with Gasteiger partial charge in [0.05, 0.1) is 32.6 Å². The van der Waals surface area contributed by atoms with E-state index >= 15 is 0 Å². The van der Waals surface area contributed by atoms with Gasteiger partial charge in [0, 0.05) is 25.0 Å². The van der Waals surface area contributed by atoms with E-state index < -0.39 is 10.0 Å². The molecule has 0 amide bonds. The summed E-state index contributed by atoms with van der Waals surface area (Å²) in [7, 11) is -2.22. The Morgan fingerprint density at radius 2 is 2.12 bits per heavy atom. The number of aromatic nitrogens is 1. The number of morpholine rings is 1. The van der Waals surface area contributed by atoms with Crippen LogP contribution in [0.4, 0.5) is 0 Å². The summed E-state index contributed by atoms with van der Waals surface area (Å²) in [5.41, 5.74) is 1.81. The third-order valence-electron chi connectivity index (χ3n) is 4.11. The Morgan fingerprint density at radius 1 is 1.35 bits per heavy atom. The number of nitrogens with zero attached hydrogens (tertiary/aromatic N) is 2. The summed E-state index contributed by atoms with van der Waals surface area (Å²) in [6, 6.07) is 5.08. The van der Waals surface area contributed by atoms with Crippen molar-refractivity contribution in [1.29, 1.82) is 0 Å². The molecule has 26 heavy (non-hydrogen) atoms. The second-order valence-electron chi connectivity index (χ2n) is 6.10. The normalized spacial score (nSPS) is 15.9. The standard InChI is InChI=1S/C17H23N3O4S2/c1-13-3-4-15(23-2)16(9-13)26(21,22)18-10-17-19-14(12-25-17)11-20-5-7-24-8-6-20/h3-4,9,12,18H,5-8,10-11H2,1-2H3. The molecule has 0 unspecified atom stereocenters. The lowest BCUT2D eigenvalue weighted by Crippen LogP contribution is -2.35. The van der Waals surface area contributed by atoms with Crippen molar-refractivity contribution < 1.29 is 17.9 Å². The van der Waals surface area contributed by atoms with Crippen LogP contribution in [0.2, 0.25) is 0 Å². The lowest BCUT2D eigenvalue weighted by Gasteiger charge is -2.25. The lowest BCUT2D eigenvalue weighted by molar-refractivity contribution is 0.0337. The van der Waals surface area contributed by atoms with Crippen molar-refractivity contribution in [2.24, 2.45) is 0 Å². The number of rotatable bonds is 7. The fourth-order valence-electron chi connectivity index (χ4n) is 2.72. The third-order valence-corrected chi connectivity index (χ3v) is 6.43. The number of nitrogens with one attached hydrogen (secondary N) is 1. The summed E-state index contributed by atoms with van der Waals surface area (Å²) < 4.78 is 38.4. The number of aryl methyl sites for hydroxylation is 1. The number of hydrogen-bond acceptors (Lipinski definition) is 7. The first-order valence-electron chi connectivity index (χ1n) is 8.35. The Morgan fingerprint density at radius 3 is 2.85 bits per heavy atom. The quantitative estimate of drug-likeness (QED) is 0.767. The van der Waals surface area contributed by atoms with Crippen LogP contribution >= 0.6 is 11.3 Å². The molecule has 9 heteroatoms. The van der Waals surface area contributed by atoms with E-state index in [9.17, 15) is 8.42 Å². The van der Waals surface area contributed by atoms with Crippen molar-refractivity contribution in [2.45, 2.75) is 24.9 Å². The second kappa shape index (κ2) is 8.45. The van der Waals surface area contributed by atoms with E-state index in [0.717, 1.165) is 49.1 Å². The van der Waals surface area contributed by atoms with Gasteiger partial charge in [0.25, 0.3) is 0 Å². The maximum absolute atomic E-state index is 12.6. The summed E-state index contributed by atoms with van der Waals surface area (Å²) in [4.78, 5) is 6.96. The van der Waals surface area contributed by atoms with Crippen LogP contribution in [0.5, 0.6) is 5.75 Å². The Bertz CT molecular complexity index is 845. The number of hydrogen-bond donors (Lipinski definition) is 1. The molecule has 1 aromatic heterocycles. The van der Waals surface area contributed by atoms with Gasteiger partial charge in [-0.15, -0.1) is 11.3 Å². The molecule has 2 aromatic rings. The van der Waals surface area contributed by atoms with Crippen molar-refractivity contribution in [1.82, 2.24) is 14.6 Å². The SMILES string of the molecule is COc1ccc(C)cc1S(=O)(=O)NCc1nc(CN2CCOCC2)cs1. The molecule has 0 aliphatic carbocycles. The van der Waals surface area contributed by atoms with Gasteiger partial charge < -0.3 is 9.47 Å². The molecular formula is C17H23N3O4S2. The van der Waals surface area contributed by atoms with Gasteiger partial charge in [0.2, 0.25) is 10.0 Å². The van der Waals surface area contributed by atoms with Crippen molar-refractivity contribution in [3.63, 3.8) is 0 Å². The van der Waals surface area contributed by atoms with Crippen LogP contribution in [0.25, 0.3) is 0 Å². The molecular weight excluding hydrogens is 374 g/mol. The van der Waals surface area contributed by atoms with E-state index in [1.807, 2.05) is 18.4 Å². The molecule has 1 aromatic carbocycles. The smallest absolute Gasteiger partial charge is 0.244 e. The summed E-state index contributed by atoms with van der Waals surface area (Å²) >= 11 is 1.46. The minimum atomic E-state index is -3.68. The minimum absolute atomic E-state index is 0.144. The summed E-state index contributed by atoms with van der Waals surface area (Å²) in [6.07, 6.45) is 0. The van der Waals surface area contributed by atoms with Gasteiger partial charge in [-0.3, -0.25) is 4.90 Å². The van der Waals surface area contributed by atoms with Crippen molar-refractivity contribution in [3.05, 3.63) is 39.8 Å². The number of benzene rings is 1. The van der Waals surface area contributed by atoms with Gasteiger partial charge in [-0.05, 0) is 24.6 Å². The Hall–Kier alpha value is -1.52. The van der Waals surface area contributed by atoms with Crippen molar-refractivity contribution in [2.75, 3.05) is 33.4 Å². The van der Waals surface area contributed by atoms with Crippen LogP contribution < -0.4 is 9.46 Å². The molecule has 1 aliphatic heterocycles. The topological polar surface area (TPSA) is 80.8 Å². The van der Waals surface area contributed by atoms with Crippen LogP contribution in [0, 0.1) is 6.92 Å². The van der Waals surface area contributed by atoms with E-state index in [4.69, 9.17) is 9.47 Å². The predicted molar refractivity (Wildman–Crippen MR) is 100.0 cm³/mol.